The minimum absolute atomic E-state index is 0.631. The number of rotatable bonds is 4. The van der Waals surface area contributed by atoms with Crippen LogP contribution in [0.1, 0.15) is 24.7 Å². The molecule has 0 unspecified atom stereocenters. The van der Waals surface area contributed by atoms with Crippen molar-refractivity contribution in [3.05, 3.63) is 29.7 Å². The average Bonchev–Trinajstić information content (AvgIpc) is 2.60. The third-order valence-electron chi connectivity index (χ3n) is 2.33. The summed E-state index contributed by atoms with van der Waals surface area (Å²) in [7, 11) is 0. The molecule has 2 N–H and O–H groups in total. The minimum atomic E-state index is 0.631. The first-order chi connectivity index (χ1) is 7.33. The second kappa shape index (κ2) is 4.40. The number of nitrogens with two attached hydrogens (primary N) is 1. The van der Waals surface area contributed by atoms with Gasteiger partial charge in [-0.3, -0.25) is 0 Å². The molecule has 2 rings (SSSR count). The third-order valence-corrected chi connectivity index (χ3v) is 2.33. The maximum Gasteiger partial charge on any atom is 0.153 e. The fraction of sp³-hybridized carbons (Fsp3) is 0.455. The van der Waals surface area contributed by atoms with Crippen LogP contribution in [-0.4, -0.2) is 21.1 Å². The van der Waals surface area contributed by atoms with Crippen LogP contribution in [0.4, 0.5) is 0 Å². The van der Waals surface area contributed by atoms with Gasteiger partial charge in [0.25, 0.3) is 0 Å². The number of nitrogens with zero attached hydrogens (tertiary/aromatic N) is 3. The predicted molar refractivity (Wildman–Crippen MR) is 59.7 cm³/mol. The van der Waals surface area contributed by atoms with E-state index in [0.29, 0.717) is 6.54 Å². The Morgan fingerprint density at radius 2 is 2.13 bits per heavy atom. The molecular weight excluding hydrogens is 188 g/mol. The summed E-state index contributed by atoms with van der Waals surface area (Å²) in [5.41, 5.74) is 8.52. The molecule has 0 fully saturated rings. The number of aryl methyl sites for hydroxylation is 1. The van der Waals surface area contributed by atoms with Gasteiger partial charge in [-0.1, -0.05) is 13.3 Å². The first-order valence-electron chi connectivity index (χ1n) is 5.37. The molecule has 0 saturated heterocycles. The van der Waals surface area contributed by atoms with Crippen LogP contribution in [0.2, 0.25) is 0 Å². The Labute approximate surface area is 89.1 Å². The van der Waals surface area contributed by atoms with Crippen LogP contribution in [0.15, 0.2) is 18.3 Å². The van der Waals surface area contributed by atoms with Crippen LogP contribution in [0, 0.1) is 0 Å². The van der Waals surface area contributed by atoms with Gasteiger partial charge in [0, 0.05) is 6.42 Å². The molecule has 0 amide bonds. The quantitative estimate of drug-likeness (QED) is 0.813. The zero-order chi connectivity index (χ0) is 10.7. The predicted octanol–water partition coefficient (Wildman–Crippen LogP) is 1.18. The first kappa shape index (κ1) is 10.1. The summed E-state index contributed by atoms with van der Waals surface area (Å²) < 4.78 is 1.84. The Balaban J connectivity index is 2.34. The van der Waals surface area contributed by atoms with Crippen LogP contribution >= 0.6 is 0 Å². The second-order valence-electron chi connectivity index (χ2n) is 3.65. The van der Waals surface area contributed by atoms with Crippen molar-refractivity contribution in [1.29, 1.82) is 0 Å². The van der Waals surface area contributed by atoms with Crippen molar-refractivity contribution >= 4 is 5.65 Å². The third kappa shape index (κ3) is 2.15. The van der Waals surface area contributed by atoms with E-state index in [-0.39, 0.29) is 0 Å². The van der Waals surface area contributed by atoms with Gasteiger partial charge in [-0.2, -0.15) is 5.10 Å². The van der Waals surface area contributed by atoms with Crippen molar-refractivity contribution < 1.29 is 0 Å². The number of aromatic nitrogens is 3. The van der Waals surface area contributed by atoms with Gasteiger partial charge in [-0.25, -0.2) is 9.50 Å². The molecule has 2 aromatic rings. The van der Waals surface area contributed by atoms with Gasteiger partial charge in [0.15, 0.2) is 5.65 Å². The molecule has 15 heavy (non-hydrogen) atoms. The minimum Gasteiger partial charge on any atom is -0.330 e. The van der Waals surface area contributed by atoms with Crippen molar-refractivity contribution in [3.63, 3.8) is 0 Å². The maximum absolute atomic E-state index is 5.49. The standard InChI is InChI=1S/C11H16N4/c1-2-3-9-4-5-11-13-10(6-7-12)8-15(11)14-9/h4-5,8H,2-3,6-7,12H2,1H3. The highest BCUT2D eigenvalue weighted by Crippen LogP contribution is 2.06. The normalized spacial score (nSPS) is 11.1. The Hall–Kier alpha value is -1.42. The zero-order valence-corrected chi connectivity index (χ0v) is 8.98. The van der Waals surface area contributed by atoms with Gasteiger partial charge in [0.2, 0.25) is 0 Å². The molecule has 0 radical (unpaired) electrons. The molecule has 0 aliphatic carbocycles. The lowest BCUT2D eigenvalue weighted by atomic mass is 10.2. The topological polar surface area (TPSA) is 56.2 Å². The molecule has 2 aromatic heterocycles. The van der Waals surface area contributed by atoms with E-state index in [1.54, 1.807) is 0 Å². The van der Waals surface area contributed by atoms with E-state index >= 15 is 0 Å². The molecular formula is C11H16N4. The van der Waals surface area contributed by atoms with Gasteiger partial charge in [0.05, 0.1) is 17.6 Å². The van der Waals surface area contributed by atoms with Gasteiger partial charge < -0.3 is 5.73 Å². The van der Waals surface area contributed by atoms with Crippen molar-refractivity contribution in [1.82, 2.24) is 14.6 Å². The molecule has 0 bridgehead atoms. The summed E-state index contributed by atoms with van der Waals surface area (Å²) in [4.78, 5) is 4.42. The summed E-state index contributed by atoms with van der Waals surface area (Å²) in [5, 5.41) is 4.48. The van der Waals surface area contributed by atoms with Gasteiger partial charge in [0.1, 0.15) is 0 Å². The van der Waals surface area contributed by atoms with Crippen molar-refractivity contribution in [2.24, 2.45) is 5.73 Å². The number of hydrogen-bond donors (Lipinski definition) is 1. The highest BCUT2D eigenvalue weighted by Gasteiger charge is 2.02. The fourth-order valence-corrected chi connectivity index (χ4v) is 1.63. The molecule has 0 aromatic carbocycles. The lowest BCUT2D eigenvalue weighted by molar-refractivity contribution is 0.808. The summed E-state index contributed by atoms with van der Waals surface area (Å²) in [6, 6.07) is 4.05. The number of hydrogen-bond acceptors (Lipinski definition) is 3. The summed E-state index contributed by atoms with van der Waals surface area (Å²) in [5.74, 6) is 0. The second-order valence-corrected chi connectivity index (χ2v) is 3.65. The Bertz CT molecular complexity index is 443. The molecule has 80 valence electrons. The van der Waals surface area contributed by atoms with E-state index < -0.39 is 0 Å². The van der Waals surface area contributed by atoms with Crippen molar-refractivity contribution in [3.8, 4) is 0 Å². The molecule has 0 aliphatic rings. The smallest absolute Gasteiger partial charge is 0.153 e. The maximum atomic E-state index is 5.49. The lowest BCUT2D eigenvalue weighted by Gasteiger charge is -1.97. The molecule has 4 heteroatoms. The average molecular weight is 204 g/mol. The van der Waals surface area contributed by atoms with E-state index in [0.717, 1.165) is 36.3 Å². The highest BCUT2D eigenvalue weighted by atomic mass is 15.2. The summed E-state index contributed by atoms with van der Waals surface area (Å²) in [6.45, 7) is 2.78. The number of fused-ring (bicyclic) bond motifs is 1. The van der Waals surface area contributed by atoms with Gasteiger partial charge in [-0.15, -0.1) is 0 Å². The Morgan fingerprint density at radius 1 is 1.27 bits per heavy atom. The van der Waals surface area contributed by atoms with Crippen LogP contribution in [0.5, 0.6) is 0 Å². The highest BCUT2D eigenvalue weighted by molar-refractivity contribution is 5.38. The Morgan fingerprint density at radius 3 is 2.87 bits per heavy atom. The molecule has 0 saturated carbocycles. The van der Waals surface area contributed by atoms with E-state index in [1.807, 2.05) is 22.8 Å². The van der Waals surface area contributed by atoms with E-state index in [1.165, 1.54) is 0 Å². The van der Waals surface area contributed by atoms with Gasteiger partial charge in [-0.05, 0) is 25.1 Å². The summed E-state index contributed by atoms with van der Waals surface area (Å²) >= 11 is 0. The lowest BCUT2D eigenvalue weighted by Crippen LogP contribution is -2.02. The molecule has 0 spiro atoms. The number of imidazole rings is 1. The van der Waals surface area contributed by atoms with Crippen molar-refractivity contribution in [2.45, 2.75) is 26.2 Å². The van der Waals surface area contributed by atoms with E-state index in [4.69, 9.17) is 5.73 Å². The Kier molecular flexibility index (Phi) is 2.97. The van der Waals surface area contributed by atoms with Crippen LogP contribution < -0.4 is 5.73 Å². The van der Waals surface area contributed by atoms with Crippen LogP contribution in [-0.2, 0) is 12.8 Å². The fourth-order valence-electron chi connectivity index (χ4n) is 1.63. The van der Waals surface area contributed by atoms with E-state index in [9.17, 15) is 0 Å². The van der Waals surface area contributed by atoms with Crippen molar-refractivity contribution in [2.75, 3.05) is 6.54 Å². The zero-order valence-electron chi connectivity index (χ0n) is 8.98. The monoisotopic (exact) mass is 204 g/mol. The molecule has 2 heterocycles. The summed E-state index contributed by atoms with van der Waals surface area (Å²) in [6.07, 6.45) is 4.90. The largest absolute Gasteiger partial charge is 0.330 e. The SMILES string of the molecule is CCCc1ccc2nc(CCN)cn2n1. The van der Waals surface area contributed by atoms with E-state index in [2.05, 4.69) is 17.0 Å². The molecule has 4 nitrogen and oxygen atoms in total. The van der Waals surface area contributed by atoms with Gasteiger partial charge >= 0.3 is 0 Å². The van der Waals surface area contributed by atoms with Crippen LogP contribution in [0.3, 0.4) is 0 Å². The molecule has 0 atom stereocenters. The first-order valence-corrected chi connectivity index (χ1v) is 5.37. The van der Waals surface area contributed by atoms with Crippen LogP contribution in [0.25, 0.3) is 5.65 Å². The molecule has 0 aliphatic heterocycles.